The fraction of sp³-hybridized carbons (Fsp3) is 0.700. The zero-order valence-corrected chi connectivity index (χ0v) is 14.6. The largest absolute Gasteiger partial charge is 0.339 e. The lowest BCUT2D eigenvalue weighted by Gasteiger charge is -2.44. The Morgan fingerprint density at radius 2 is 1.83 bits per heavy atom. The van der Waals surface area contributed by atoms with Crippen LogP contribution in [0.25, 0.3) is 0 Å². The van der Waals surface area contributed by atoms with E-state index in [0.717, 1.165) is 39.0 Å². The molecule has 1 saturated carbocycles. The molecule has 24 heavy (non-hydrogen) atoms. The summed E-state index contributed by atoms with van der Waals surface area (Å²) >= 11 is 0. The van der Waals surface area contributed by atoms with E-state index in [9.17, 15) is 4.79 Å². The second kappa shape index (κ2) is 6.83. The van der Waals surface area contributed by atoms with Crippen LogP contribution in [-0.4, -0.2) is 46.4 Å². The van der Waals surface area contributed by atoms with Crippen LogP contribution in [0.1, 0.15) is 56.9 Å². The molecule has 3 aliphatic rings. The molecule has 130 valence electrons. The van der Waals surface area contributed by atoms with Crippen LogP contribution in [-0.2, 0) is 11.3 Å². The number of amides is 1. The number of hydrogen-bond acceptors (Lipinski definition) is 3. The molecule has 0 aromatic carbocycles. The van der Waals surface area contributed by atoms with Gasteiger partial charge < -0.3 is 4.90 Å². The number of piperidine rings is 1. The van der Waals surface area contributed by atoms with Crippen LogP contribution in [0.2, 0.25) is 0 Å². The topological polar surface area (TPSA) is 36.4 Å². The molecular weight excluding hydrogens is 298 g/mol. The first-order valence-electron chi connectivity index (χ1n) is 9.69. The predicted octanol–water partition coefficient (Wildman–Crippen LogP) is 3.23. The van der Waals surface area contributed by atoms with Gasteiger partial charge in [-0.25, -0.2) is 0 Å². The lowest BCUT2D eigenvalue weighted by atomic mass is 9.77. The highest BCUT2D eigenvalue weighted by molar-refractivity contribution is 5.84. The molecule has 2 aliphatic heterocycles. The number of carbonyl (C=O) groups is 1. The van der Waals surface area contributed by atoms with E-state index in [0.29, 0.717) is 11.9 Å². The SMILES string of the molecule is O=C1N(C2CCCCC2)CCCC12CCN(Cc1ccncc1)C2. The third-order valence-electron chi connectivity index (χ3n) is 6.37. The van der Waals surface area contributed by atoms with Gasteiger partial charge in [-0.15, -0.1) is 0 Å². The lowest BCUT2D eigenvalue weighted by molar-refractivity contribution is -0.149. The van der Waals surface area contributed by atoms with Crippen molar-refractivity contribution in [1.82, 2.24) is 14.8 Å². The molecule has 1 atom stereocenters. The molecule has 4 nitrogen and oxygen atoms in total. The molecular formula is C20H29N3O. The Bertz CT molecular complexity index is 570. The molecule has 0 radical (unpaired) electrons. The quantitative estimate of drug-likeness (QED) is 0.855. The van der Waals surface area contributed by atoms with Gasteiger partial charge >= 0.3 is 0 Å². The minimum atomic E-state index is -0.0945. The molecule has 1 aliphatic carbocycles. The summed E-state index contributed by atoms with van der Waals surface area (Å²) in [5.74, 6) is 0.470. The highest BCUT2D eigenvalue weighted by Crippen LogP contribution is 2.42. The van der Waals surface area contributed by atoms with Gasteiger partial charge in [0.05, 0.1) is 5.41 Å². The van der Waals surface area contributed by atoms with Crippen molar-refractivity contribution in [2.24, 2.45) is 5.41 Å². The molecule has 1 aromatic rings. The van der Waals surface area contributed by atoms with Crippen LogP contribution in [0, 0.1) is 5.41 Å². The van der Waals surface area contributed by atoms with E-state index in [1.54, 1.807) is 0 Å². The normalized spacial score (nSPS) is 29.5. The van der Waals surface area contributed by atoms with E-state index in [4.69, 9.17) is 0 Å². The molecule has 2 saturated heterocycles. The number of rotatable bonds is 3. The van der Waals surface area contributed by atoms with E-state index in [1.807, 2.05) is 12.4 Å². The molecule has 1 spiro atoms. The Labute approximate surface area is 145 Å². The number of pyridine rings is 1. The summed E-state index contributed by atoms with van der Waals surface area (Å²) in [7, 11) is 0. The Hall–Kier alpha value is -1.42. The second-order valence-corrected chi connectivity index (χ2v) is 7.99. The van der Waals surface area contributed by atoms with Gasteiger partial charge in [0.25, 0.3) is 0 Å². The van der Waals surface area contributed by atoms with Crippen LogP contribution >= 0.6 is 0 Å². The summed E-state index contributed by atoms with van der Waals surface area (Å²) in [4.78, 5) is 22.2. The number of aromatic nitrogens is 1. The summed E-state index contributed by atoms with van der Waals surface area (Å²) in [5.41, 5.74) is 1.21. The maximum absolute atomic E-state index is 13.3. The Balaban J connectivity index is 1.43. The predicted molar refractivity (Wildman–Crippen MR) is 94.4 cm³/mol. The highest BCUT2D eigenvalue weighted by Gasteiger charge is 2.49. The van der Waals surface area contributed by atoms with Crippen molar-refractivity contribution in [3.8, 4) is 0 Å². The molecule has 1 unspecified atom stereocenters. The van der Waals surface area contributed by atoms with Crippen molar-refractivity contribution < 1.29 is 4.79 Å². The average Bonchev–Trinajstić information content (AvgIpc) is 3.03. The van der Waals surface area contributed by atoms with Gasteiger partial charge in [0, 0.05) is 38.1 Å². The van der Waals surface area contributed by atoms with E-state index < -0.39 is 0 Å². The molecule has 1 amide bonds. The average molecular weight is 327 g/mol. The van der Waals surface area contributed by atoms with Crippen molar-refractivity contribution in [2.75, 3.05) is 19.6 Å². The zero-order valence-electron chi connectivity index (χ0n) is 14.6. The van der Waals surface area contributed by atoms with E-state index in [-0.39, 0.29) is 5.41 Å². The number of carbonyl (C=O) groups excluding carboxylic acids is 1. The monoisotopic (exact) mass is 327 g/mol. The summed E-state index contributed by atoms with van der Waals surface area (Å²) in [6, 6.07) is 4.70. The van der Waals surface area contributed by atoms with Crippen LogP contribution in [0.5, 0.6) is 0 Å². The van der Waals surface area contributed by atoms with Gasteiger partial charge in [-0.3, -0.25) is 14.7 Å². The van der Waals surface area contributed by atoms with Gasteiger partial charge in [-0.2, -0.15) is 0 Å². The van der Waals surface area contributed by atoms with Gasteiger partial charge in [-0.05, 0) is 56.3 Å². The maximum Gasteiger partial charge on any atom is 0.230 e. The Morgan fingerprint density at radius 1 is 1.04 bits per heavy atom. The van der Waals surface area contributed by atoms with Crippen molar-refractivity contribution in [2.45, 2.75) is 64.0 Å². The van der Waals surface area contributed by atoms with Crippen molar-refractivity contribution in [1.29, 1.82) is 0 Å². The van der Waals surface area contributed by atoms with Crippen LogP contribution < -0.4 is 0 Å². The van der Waals surface area contributed by atoms with Crippen molar-refractivity contribution in [3.63, 3.8) is 0 Å². The van der Waals surface area contributed by atoms with Gasteiger partial charge in [0.15, 0.2) is 0 Å². The first-order valence-corrected chi connectivity index (χ1v) is 9.69. The summed E-state index contributed by atoms with van der Waals surface area (Å²) in [6.45, 7) is 3.93. The van der Waals surface area contributed by atoms with Gasteiger partial charge in [0.1, 0.15) is 0 Å². The van der Waals surface area contributed by atoms with Crippen molar-refractivity contribution >= 4 is 5.91 Å². The van der Waals surface area contributed by atoms with E-state index in [1.165, 1.54) is 44.1 Å². The third kappa shape index (κ3) is 3.08. The minimum Gasteiger partial charge on any atom is -0.339 e. The second-order valence-electron chi connectivity index (χ2n) is 7.99. The molecule has 0 N–H and O–H groups in total. The van der Waals surface area contributed by atoms with Crippen LogP contribution in [0.4, 0.5) is 0 Å². The molecule has 0 bridgehead atoms. The molecule has 4 rings (SSSR count). The van der Waals surface area contributed by atoms with Gasteiger partial charge in [0.2, 0.25) is 5.91 Å². The molecule has 3 heterocycles. The summed E-state index contributed by atoms with van der Waals surface area (Å²) < 4.78 is 0. The number of likely N-dealkylation sites (tertiary alicyclic amines) is 2. The van der Waals surface area contributed by atoms with Crippen LogP contribution in [0.15, 0.2) is 24.5 Å². The highest BCUT2D eigenvalue weighted by atomic mass is 16.2. The smallest absolute Gasteiger partial charge is 0.230 e. The van der Waals surface area contributed by atoms with E-state index in [2.05, 4.69) is 26.9 Å². The summed E-state index contributed by atoms with van der Waals surface area (Å²) in [6.07, 6.45) is 13.4. The van der Waals surface area contributed by atoms with E-state index >= 15 is 0 Å². The van der Waals surface area contributed by atoms with Crippen molar-refractivity contribution in [3.05, 3.63) is 30.1 Å². The zero-order chi connectivity index (χ0) is 16.4. The fourth-order valence-corrected chi connectivity index (χ4v) is 5.06. The Morgan fingerprint density at radius 3 is 2.62 bits per heavy atom. The minimum absolute atomic E-state index is 0.0945. The summed E-state index contributed by atoms with van der Waals surface area (Å²) in [5, 5.41) is 0. The van der Waals surface area contributed by atoms with Gasteiger partial charge in [-0.1, -0.05) is 19.3 Å². The first-order chi connectivity index (χ1) is 11.8. The molecule has 1 aromatic heterocycles. The Kier molecular flexibility index (Phi) is 4.57. The third-order valence-corrected chi connectivity index (χ3v) is 6.37. The first kappa shape index (κ1) is 16.1. The number of hydrogen-bond donors (Lipinski definition) is 0. The standard InChI is InChI=1S/C20H29N3O/c24-19-20(9-4-13-23(19)18-5-2-1-3-6-18)10-14-22(16-20)15-17-7-11-21-12-8-17/h7-8,11-12,18H,1-6,9-10,13-16H2. The maximum atomic E-state index is 13.3. The van der Waals surface area contributed by atoms with Crippen LogP contribution in [0.3, 0.4) is 0 Å². The number of nitrogens with zero attached hydrogens (tertiary/aromatic N) is 3. The lowest BCUT2D eigenvalue weighted by Crippen LogP contribution is -2.54. The molecule has 3 fully saturated rings. The fourth-order valence-electron chi connectivity index (χ4n) is 5.06. The molecule has 4 heteroatoms.